The van der Waals surface area contributed by atoms with Crippen molar-refractivity contribution in [2.75, 3.05) is 18.4 Å². The number of nitrogens with zero attached hydrogens (tertiary/aromatic N) is 1. The third-order valence-corrected chi connectivity index (χ3v) is 5.62. The van der Waals surface area contributed by atoms with Gasteiger partial charge in [-0.2, -0.15) is 0 Å². The van der Waals surface area contributed by atoms with E-state index in [1.54, 1.807) is 30.3 Å². The lowest BCUT2D eigenvalue weighted by Crippen LogP contribution is -2.31. The van der Waals surface area contributed by atoms with Crippen molar-refractivity contribution in [2.45, 2.75) is 17.7 Å². The van der Waals surface area contributed by atoms with Crippen molar-refractivity contribution in [3.05, 3.63) is 36.5 Å². The number of carbonyl (C=O) groups is 1. The molecule has 1 aliphatic heterocycles. The van der Waals surface area contributed by atoms with Gasteiger partial charge in [-0.3, -0.25) is 9.52 Å². The summed E-state index contributed by atoms with van der Waals surface area (Å²) in [5.74, 6) is 0.0874. The summed E-state index contributed by atoms with van der Waals surface area (Å²) in [6, 6.07) is 7.92. The minimum atomic E-state index is -3.64. The largest absolute Gasteiger partial charge is 0.468 e. The summed E-state index contributed by atoms with van der Waals surface area (Å²) in [5, 5.41) is 5.79. The standard InChI is InChI=1S/C15H17N3O5S/c1-22-15(19)13-8-12(9-16-13)24(20,21)18-11-4-2-3-10(7-11)14-5-6-17-23-14/h2-7,12-13,16,18H,8-9H2,1H3. The van der Waals surface area contributed by atoms with E-state index >= 15 is 0 Å². The average Bonchev–Trinajstić information content (AvgIpc) is 3.25. The number of carbonyl (C=O) groups excluding carboxylic acids is 1. The predicted molar refractivity (Wildman–Crippen MR) is 86.7 cm³/mol. The van der Waals surface area contributed by atoms with Crippen LogP contribution >= 0.6 is 0 Å². The molecular weight excluding hydrogens is 334 g/mol. The van der Waals surface area contributed by atoms with E-state index in [1.807, 2.05) is 0 Å². The molecule has 128 valence electrons. The molecule has 2 N–H and O–H groups in total. The van der Waals surface area contributed by atoms with E-state index in [0.717, 1.165) is 0 Å². The smallest absolute Gasteiger partial charge is 0.322 e. The molecule has 1 saturated heterocycles. The molecule has 1 aromatic heterocycles. The molecule has 1 aromatic carbocycles. The van der Waals surface area contributed by atoms with Crippen LogP contribution in [0, 0.1) is 0 Å². The van der Waals surface area contributed by atoms with E-state index in [0.29, 0.717) is 17.0 Å². The van der Waals surface area contributed by atoms with E-state index in [2.05, 4.69) is 19.9 Å². The molecule has 0 spiro atoms. The average molecular weight is 351 g/mol. The first-order valence-corrected chi connectivity index (χ1v) is 8.88. The van der Waals surface area contributed by atoms with Gasteiger partial charge in [-0.15, -0.1) is 0 Å². The second-order valence-electron chi connectivity index (χ2n) is 5.45. The molecule has 1 aliphatic rings. The van der Waals surface area contributed by atoms with Crippen molar-refractivity contribution in [3.63, 3.8) is 0 Å². The molecule has 3 rings (SSSR count). The molecule has 8 nitrogen and oxygen atoms in total. The second kappa shape index (κ2) is 6.62. The number of benzene rings is 1. The van der Waals surface area contributed by atoms with Crippen molar-refractivity contribution in [2.24, 2.45) is 0 Å². The molecule has 2 heterocycles. The zero-order valence-electron chi connectivity index (χ0n) is 12.9. The van der Waals surface area contributed by atoms with E-state index in [4.69, 9.17) is 4.52 Å². The van der Waals surface area contributed by atoms with Gasteiger partial charge in [0.05, 0.1) is 18.6 Å². The van der Waals surface area contributed by atoms with Gasteiger partial charge in [0.15, 0.2) is 5.76 Å². The van der Waals surface area contributed by atoms with Gasteiger partial charge in [0.1, 0.15) is 6.04 Å². The van der Waals surface area contributed by atoms with Crippen LogP contribution in [-0.4, -0.2) is 44.5 Å². The Morgan fingerprint density at radius 3 is 2.96 bits per heavy atom. The second-order valence-corrected chi connectivity index (χ2v) is 7.41. The van der Waals surface area contributed by atoms with Gasteiger partial charge in [-0.05, 0) is 18.6 Å². The fourth-order valence-corrected chi connectivity index (χ4v) is 3.99. The third kappa shape index (κ3) is 3.41. The minimum Gasteiger partial charge on any atom is -0.468 e. The van der Waals surface area contributed by atoms with E-state index < -0.39 is 27.3 Å². The van der Waals surface area contributed by atoms with Gasteiger partial charge in [0, 0.05) is 23.9 Å². The Kier molecular flexibility index (Phi) is 4.54. The lowest BCUT2D eigenvalue weighted by Gasteiger charge is -2.13. The number of anilines is 1. The van der Waals surface area contributed by atoms with E-state index in [1.165, 1.54) is 13.3 Å². The van der Waals surface area contributed by atoms with Gasteiger partial charge < -0.3 is 14.6 Å². The lowest BCUT2D eigenvalue weighted by atomic mass is 10.1. The zero-order chi connectivity index (χ0) is 17.2. The van der Waals surface area contributed by atoms with Gasteiger partial charge in [-0.25, -0.2) is 8.42 Å². The van der Waals surface area contributed by atoms with Crippen molar-refractivity contribution < 1.29 is 22.5 Å². The number of sulfonamides is 1. The number of esters is 1. The summed E-state index contributed by atoms with van der Waals surface area (Å²) in [6.45, 7) is 0.191. The first-order valence-electron chi connectivity index (χ1n) is 7.33. The number of aromatic nitrogens is 1. The van der Waals surface area contributed by atoms with Crippen LogP contribution < -0.4 is 10.0 Å². The monoisotopic (exact) mass is 351 g/mol. The molecule has 0 amide bonds. The number of methoxy groups -OCH3 is 1. The number of rotatable bonds is 5. The maximum Gasteiger partial charge on any atom is 0.322 e. The third-order valence-electron chi connectivity index (χ3n) is 3.86. The molecule has 2 atom stereocenters. The Hall–Kier alpha value is -2.39. The molecule has 0 radical (unpaired) electrons. The Bertz CT molecular complexity index is 819. The van der Waals surface area contributed by atoms with Crippen LogP contribution in [0.3, 0.4) is 0 Å². The molecule has 1 fully saturated rings. The highest BCUT2D eigenvalue weighted by Crippen LogP contribution is 2.24. The number of nitrogens with one attached hydrogen (secondary N) is 2. The SMILES string of the molecule is COC(=O)C1CC(S(=O)(=O)Nc2cccc(-c3ccno3)c2)CN1. The molecule has 2 aromatic rings. The summed E-state index contributed by atoms with van der Waals surface area (Å²) in [6.07, 6.45) is 1.69. The topological polar surface area (TPSA) is 111 Å². The minimum absolute atomic E-state index is 0.170. The highest BCUT2D eigenvalue weighted by atomic mass is 32.2. The normalized spacial score (nSPS) is 20.7. The maximum absolute atomic E-state index is 12.5. The van der Waals surface area contributed by atoms with Crippen molar-refractivity contribution in [1.29, 1.82) is 0 Å². The Balaban J connectivity index is 1.74. The molecule has 2 unspecified atom stereocenters. The summed E-state index contributed by atoms with van der Waals surface area (Å²) in [5.41, 5.74) is 1.13. The van der Waals surface area contributed by atoms with Crippen LogP contribution in [-0.2, 0) is 19.6 Å². The Labute approximate surface area is 139 Å². The van der Waals surface area contributed by atoms with Crippen LogP contribution in [0.5, 0.6) is 0 Å². The summed E-state index contributed by atoms with van der Waals surface area (Å²) < 4.78 is 37.3. The molecule has 0 saturated carbocycles. The maximum atomic E-state index is 12.5. The van der Waals surface area contributed by atoms with E-state index in [9.17, 15) is 13.2 Å². The van der Waals surface area contributed by atoms with Crippen molar-refractivity contribution >= 4 is 21.7 Å². The first kappa shape index (κ1) is 16.5. The lowest BCUT2D eigenvalue weighted by molar-refractivity contribution is -0.142. The zero-order valence-corrected chi connectivity index (χ0v) is 13.7. The highest BCUT2D eigenvalue weighted by molar-refractivity contribution is 7.93. The van der Waals surface area contributed by atoms with Crippen LogP contribution in [0.15, 0.2) is 41.1 Å². The predicted octanol–water partition coefficient (Wildman–Crippen LogP) is 0.987. The summed E-state index contributed by atoms with van der Waals surface area (Å²) >= 11 is 0. The fraction of sp³-hybridized carbons (Fsp3) is 0.333. The van der Waals surface area contributed by atoms with Crippen LogP contribution in [0.4, 0.5) is 5.69 Å². The fourth-order valence-electron chi connectivity index (χ4n) is 2.61. The van der Waals surface area contributed by atoms with Crippen LogP contribution in [0.25, 0.3) is 11.3 Å². The Morgan fingerprint density at radius 2 is 2.25 bits per heavy atom. The highest BCUT2D eigenvalue weighted by Gasteiger charge is 2.37. The van der Waals surface area contributed by atoms with E-state index in [-0.39, 0.29) is 13.0 Å². The molecular formula is C15H17N3O5S. The number of ether oxygens (including phenoxy) is 1. The summed E-state index contributed by atoms with van der Waals surface area (Å²) in [4.78, 5) is 11.5. The van der Waals surface area contributed by atoms with Crippen LogP contribution in [0.2, 0.25) is 0 Å². The van der Waals surface area contributed by atoms with Gasteiger partial charge in [-0.1, -0.05) is 17.3 Å². The van der Waals surface area contributed by atoms with Gasteiger partial charge >= 0.3 is 5.97 Å². The number of hydrogen-bond donors (Lipinski definition) is 2. The van der Waals surface area contributed by atoms with Crippen LogP contribution in [0.1, 0.15) is 6.42 Å². The number of hydrogen-bond acceptors (Lipinski definition) is 7. The molecule has 9 heteroatoms. The molecule has 0 aliphatic carbocycles. The quantitative estimate of drug-likeness (QED) is 0.773. The van der Waals surface area contributed by atoms with Gasteiger partial charge in [0.2, 0.25) is 10.0 Å². The van der Waals surface area contributed by atoms with Crippen molar-refractivity contribution in [3.8, 4) is 11.3 Å². The molecule has 24 heavy (non-hydrogen) atoms. The Morgan fingerprint density at radius 1 is 1.42 bits per heavy atom. The first-order chi connectivity index (χ1) is 11.5. The molecule has 0 bridgehead atoms. The van der Waals surface area contributed by atoms with Gasteiger partial charge in [0.25, 0.3) is 0 Å². The van der Waals surface area contributed by atoms with Crippen molar-refractivity contribution in [1.82, 2.24) is 10.5 Å². The summed E-state index contributed by atoms with van der Waals surface area (Å²) in [7, 11) is -2.36.